The van der Waals surface area contributed by atoms with Crippen molar-refractivity contribution in [3.63, 3.8) is 0 Å². The van der Waals surface area contributed by atoms with Gasteiger partial charge in [0, 0.05) is 34.2 Å². The number of aryl methyl sites for hydroxylation is 1. The number of benzene rings is 4. The first-order valence-electron chi connectivity index (χ1n) is 15.2. The summed E-state index contributed by atoms with van der Waals surface area (Å²) in [6.07, 6.45) is 8.21. The second-order valence-corrected chi connectivity index (χ2v) is 11.8. The predicted molar refractivity (Wildman–Crippen MR) is 190 cm³/mol. The fourth-order valence-electron chi connectivity index (χ4n) is 6.44. The zero-order valence-corrected chi connectivity index (χ0v) is 27.0. The number of nitro benzene ring substituents is 2. The van der Waals surface area contributed by atoms with E-state index in [1.54, 1.807) is 48.6 Å². The van der Waals surface area contributed by atoms with Gasteiger partial charge in [-0.15, -0.1) is 0 Å². The fourth-order valence-corrected chi connectivity index (χ4v) is 6.44. The van der Waals surface area contributed by atoms with Gasteiger partial charge < -0.3 is 16.2 Å². The van der Waals surface area contributed by atoms with E-state index in [9.17, 15) is 30.1 Å². The van der Waals surface area contributed by atoms with Crippen molar-refractivity contribution in [2.45, 2.75) is 40.5 Å². The number of non-ortho nitro benzene ring substituents is 2. The van der Waals surface area contributed by atoms with Crippen LogP contribution in [0, 0.1) is 32.6 Å². The van der Waals surface area contributed by atoms with Crippen LogP contribution >= 0.6 is 0 Å². The van der Waals surface area contributed by atoms with Crippen molar-refractivity contribution < 1.29 is 19.7 Å². The van der Waals surface area contributed by atoms with Crippen molar-refractivity contribution in [2.75, 3.05) is 5.73 Å². The molecule has 1 aliphatic carbocycles. The third-order valence-corrected chi connectivity index (χ3v) is 8.64. The van der Waals surface area contributed by atoms with Crippen molar-refractivity contribution in [1.82, 2.24) is 0 Å². The molecule has 0 atom stereocenters. The molecule has 4 aromatic rings. The van der Waals surface area contributed by atoms with Crippen LogP contribution in [0.25, 0.3) is 27.1 Å². The molecule has 0 saturated heterocycles. The Balaban J connectivity index is 1.60. The maximum atomic E-state index is 12.8. The van der Waals surface area contributed by atoms with Crippen molar-refractivity contribution >= 4 is 55.7 Å². The van der Waals surface area contributed by atoms with E-state index in [0.717, 1.165) is 27.8 Å². The number of aliphatic hydroxyl groups excluding tert-OH is 1. The first kappa shape index (κ1) is 33.2. The summed E-state index contributed by atoms with van der Waals surface area (Å²) in [6, 6.07) is 16.4. The molecule has 0 heterocycles. The van der Waals surface area contributed by atoms with E-state index in [1.807, 2.05) is 32.1 Å². The number of hydrogen-bond donors (Lipinski definition) is 3. The Morgan fingerprint density at radius 3 is 2.08 bits per heavy atom. The van der Waals surface area contributed by atoms with Crippen molar-refractivity contribution in [1.29, 1.82) is 5.41 Å². The standard InChI is InChI=1S/C38H34N4O6/c1-21(27-7-5-10-30-34(42(47)48)20-18-32(40)38(27)30)11-13-25-14-15-26(37(25)36(23(3)43)24(4)44)16-17-31(39)28-8-6-9-29-33(41(45)46)19-12-22(2)35(28)29/h5-13,16-20,39,43H,14-15,40H2,1-4H3/b17-16?,21-11-,25-13+,36-23?,39-31?. The molecule has 4 N–H and O–H groups in total. The number of nitro groups is 2. The second kappa shape index (κ2) is 13.3. The predicted octanol–water partition coefficient (Wildman–Crippen LogP) is 9.17. The summed E-state index contributed by atoms with van der Waals surface area (Å²) in [5.41, 5.74) is 11.9. The number of ketones is 1. The number of carbonyl (C=O) groups is 1. The molecule has 0 fully saturated rings. The third kappa shape index (κ3) is 6.15. The monoisotopic (exact) mass is 642 g/mol. The Morgan fingerprint density at radius 1 is 0.875 bits per heavy atom. The van der Waals surface area contributed by atoms with Gasteiger partial charge in [0.25, 0.3) is 11.4 Å². The lowest BCUT2D eigenvalue weighted by Crippen LogP contribution is -2.05. The minimum absolute atomic E-state index is 0.0350. The maximum Gasteiger partial charge on any atom is 0.277 e. The van der Waals surface area contributed by atoms with E-state index in [-0.39, 0.29) is 34.2 Å². The van der Waals surface area contributed by atoms with Crippen LogP contribution in [-0.4, -0.2) is 26.4 Å². The number of Topliss-reactive ketones (excluding diaryl/α,β-unsaturated/α-hetero) is 1. The topological polar surface area (TPSA) is 173 Å². The smallest absolute Gasteiger partial charge is 0.277 e. The minimum Gasteiger partial charge on any atom is -0.512 e. The average molecular weight is 643 g/mol. The summed E-state index contributed by atoms with van der Waals surface area (Å²) >= 11 is 0. The third-order valence-electron chi connectivity index (χ3n) is 8.64. The van der Waals surface area contributed by atoms with E-state index in [4.69, 9.17) is 11.1 Å². The maximum absolute atomic E-state index is 12.8. The first-order valence-corrected chi connectivity index (χ1v) is 15.2. The highest BCUT2D eigenvalue weighted by molar-refractivity contribution is 6.17. The summed E-state index contributed by atoms with van der Waals surface area (Å²) in [5.74, 6) is -0.441. The summed E-state index contributed by atoms with van der Waals surface area (Å²) in [5, 5.41) is 45.0. The number of aliphatic hydroxyl groups is 1. The molecule has 0 saturated carbocycles. The van der Waals surface area contributed by atoms with Gasteiger partial charge in [0.1, 0.15) is 5.76 Å². The van der Waals surface area contributed by atoms with Crippen LogP contribution in [0.15, 0.2) is 113 Å². The molecule has 0 bridgehead atoms. The van der Waals surface area contributed by atoms with Crippen LogP contribution in [0.5, 0.6) is 0 Å². The van der Waals surface area contributed by atoms with Gasteiger partial charge in [-0.05, 0) is 98.2 Å². The van der Waals surface area contributed by atoms with Gasteiger partial charge in [-0.3, -0.25) is 25.0 Å². The molecule has 10 heteroatoms. The van der Waals surface area contributed by atoms with Crippen LogP contribution in [0.1, 0.15) is 50.3 Å². The van der Waals surface area contributed by atoms with Gasteiger partial charge in [-0.2, -0.15) is 0 Å². The molecule has 0 spiro atoms. The van der Waals surface area contributed by atoms with Crippen LogP contribution < -0.4 is 5.73 Å². The summed E-state index contributed by atoms with van der Waals surface area (Å²) in [4.78, 5) is 35.3. The average Bonchev–Trinajstić information content (AvgIpc) is 3.43. The molecule has 5 rings (SSSR count). The minimum atomic E-state index is -0.435. The number of hydrogen-bond acceptors (Lipinski definition) is 8. The van der Waals surface area contributed by atoms with Crippen LogP contribution in [0.4, 0.5) is 17.1 Å². The molecule has 1 aliphatic rings. The number of nitrogen functional groups attached to an aromatic ring is 1. The summed E-state index contributed by atoms with van der Waals surface area (Å²) in [6.45, 7) is 6.57. The molecule has 0 unspecified atom stereocenters. The Kier molecular flexibility index (Phi) is 9.19. The Labute approximate surface area is 276 Å². The number of nitrogens with two attached hydrogens (primary N) is 1. The lowest BCUT2D eigenvalue weighted by atomic mass is 9.92. The molecule has 48 heavy (non-hydrogen) atoms. The number of anilines is 1. The van der Waals surface area contributed by atoms with Crippen molar-refractivity contribution in [3.05, 3.63) is 150 Å². The second-order valence-electron chi connectivity index (χ2n) is 11.8. The highest BCUT2D eigenvalue weighted by atomic mass is 16.6. The van der Waals surface area contributed by atoms with Gasteiger partial charge in [0.2, 0.25) is 0 Å². The number of rotatable bonds is 9. The lowest BCUT2D eigenvalue weighted by Gasteiger charge is -2.12. The zero-order valence-electron chi connectivity index (χ0n) is 27.0. The van der Waals surface area contributed by atoms with E-state index < -0.39 is 9.85 Å². The molecule has 0 aliphatic heterocycles. The van der Waals surface area contributed by atoms with E-state index in [2.05, 4.69) is 0 Å². The number of fused-ring (bicyclic) bond motifs is 2. The van der Waals surface area contributed by atoms with Gasteiger partial charge in [0.05, 0.1) is 31.9 Å². The fraction of sp³-hybridized carbons (Fsp3) is 0.158. The first-order chi connectivity index (χ1) is 22.8. The Morgan fingerprint density at radius 2 is 1.48 bits per heavy atom. The Hall–Kier alpha value is -6.16. The molecule has 0 amide bonds. The molecule has 242 valence electrons. The number of carbonyl (C=O) groups excluding carboxylic acids is 1. The van der Waals surface area contributed by atoms with Crippen molar-refractivity contribution in [2.24, 2.45) is 0 Å². The molecule has 0 radical (unpaired) electrons. The van der Waals surface area contributed by atoms with E-state index in [0.29, 0.717) is 51.2 Å². The molecule has 4 aromatic carbocycles. The normalized spacial score (nSPS) is 15.1. The van der Waals surface area contributed by atoms with Crippen LogP contribution in [0.3, 0.4) is 0 Å². The molecular weight excluding hydrogens is 608 g/mol. The van der Waals surface area contributed by atoms with Gasteiger partial charge >= 0.3 is 0 Å². The van der Waals surface area contributed by atoms with E-state index >= 15 is 0 Å². The van der Waals surface area contributed by atoms with Crippen LogP contribution in [0.2, 0.25) is 0 Å². The summed E-state index contributed by atoms with van der Waals surface area (Å²) in [7, 11) is 0. The molecule has 10 nitrogen and oxygen atoms in total. The highest BCUT2D eigenvalue weighted by Gasteiger charge is 2.26. The molecular formula is C38H34N4O6. The number of allylic oxidation sites excluding steroid dienone is 10. The SMILES string of the molecule is CC(=O)C(=C(C)O)C1=C(C=CC(=N)c2cccc3c([N+](=O)[O-])ccc(C)c23)CC/C1=C\C=C(\C)c1cccc2c([N+](=O)[O-])ccc(N)c12. The molecule has 0 aromatic heterocycles. The van der Waals surface area contributed by atoms with Crippen molar-refractivity contribution in [3.8, 4) is 0 Å². The number of nitrogens with one attached hydrogen (secondary N) is 1. The quantitative estimate of drug-likeness (QED) is 0.0407. The van der Waals surface area contributed by atoms with Crippen LogP contribution in [-0.2, 0) is 4.79 Å². The van der Waals surface area contributed by atoms with Gasteiger partial charge in [-0.25, -0.2) is 0 Å². The largest absolute Gasteiger partial charge is 0.512 e. The number of nitrogens with zero attached hydrogens (tertiary/aromatic N) is 2. The highest BCUT2D eigenvalue weighted by Crippen LogP contribution is 2.40. The van der Waals surface area contributed by atoms with Gasteiger partial charge in [-0.1, -0.05) is 48.6 Å². The zero-order chi connectivity index (χ0) is 34.9. The summed E-state index contributed by atoms with van der Waals surface area (Å²) < 4.78 is 0. The van der Waals surface area contributed by atoms with E-state index in [1.165, 1.54) is 32.0 Å². The van der Waals surface area contributed by atoms with Gasteiger partial charge in [0.15, 0.2) is 5.78 Å². The lowest BCUT2D eigenvalue weighted by molar-refractivity contribution is -0.383. The Bertz CT molecular complexity index is 2230.